The smallest absolute Gasteiger partial charge is 0.0491 e. The van der Waals surface area contributed by atoms with Crippen LogP contribution in [0.2, 0.25) is 0 Å². The molecule has 0 bridgehead atoms. The first-order valence-electron chi connectivity index (χ1n) is 9.77. The fraction of sp³-hybridized carbons (Fsp3) is 0.231. The van der Waals surface area contributed by atoms with Gasteiger partial charge in [-0.2, -0.15) is 0 Å². The third kappa shape index (κ3) is 2.37. The summed E-state index contributed by atoms with van der Waals surface area (Å²) in [5, 5.41) is 5.37. The molecule has 1 heterocycles. The van der Waals surface area contributed by atoms with Crippen LogP contribution in [0.1, 0.15) is 30.5 Å². The molecule has 142 valence electrons. The molecule has 2 heteroatoms. The second kappa shape index (κ2) is 6.63. The number of rotatable bonds is 1. The number of hydrogen-bond acceptors (Lipinski definition) is 1. The van der Waals surface area contributed by atoms with Crippen molar-refractivity contribution in [3.8, 4) is 0 Å². The van der Waals surface area contributed by atoms with Crippen LogP contribution >= 0.6 is 17.0 Å². The van der Waals surface area contributed by atoms with Crippen LogP contribution in [0.25, 0.3) is 21.5 Å². The van der Waals surface area contributed by atoms with E-state index in [0.717, 1.165) is 0 Å². The van der Waals surface area contributed by atoms with E-state index in [4.69, 9.17) is 0 Å². The minimum Gasteiger partial charge on any atom is -0.370 e. The van der Waals surface area contributed by atoms with Crippen LogP contribution in [0.15, 0.2) is 72.8 Å². The first-order chi connectivity index (χ1) is 13.0. The zero-order valence-electron chi connectivity index (χ0n) is 16.9. The molecule has 0 spiro atoms. The lowest BCUT2D eigenvalue weighted by molar-refractivity contribution is 0.492. The zero-order valence-corrected chi connectivity index (χ0v) is 18.6. The normalized spacial score (nSPS) is 21.0. The van der Waals surface area contributed by atoms with E-state index >= 15 is 0 Å². The Labute approximate surface area is 177 Å². The fourth-order valence-electron chi connectivity index (χ4n) is 5.32. The van der Waals surface area contributed by atoms with Gasteiger partial charge in [0, 0.05) is 29.6 Å². The summed E-state index contributed by atoms with van der Waals surface area (Å²) in [4.78, 5) is 2.49. The lowest BCUT2D eigenvalue weighted by atomic mass is 9.70. The Bertz CT molecular complexity index is 1190. The van der Waals surface area contributed by atoms with Crippen molar-refractivity contribution in [1.29, 1.82) is 0 Å². The zero-order chi connectivity index (χ0) is 18.8. The van der Waals surface area contributed by atoms with Gasteiger partial charge in [0.25, 0.3) is 0 Å². The summed E-state index contributed by atoms with van der Waals surface area (Å²) >= 11 is 0. The Balaban J connectivity index is 0.00000192. The average Bonchev–Trinajstić information content (AvgIpc) is 2.90. The number of anilines is 1. The van der Waals surface area contributed by atoms with E-state index in [9.17, 15) is 0 Å². The van der Waals surface area contributed by atoms with Gasteiger partial charge < -0.3 is 4.90 Å². The number of fused-ring (bicyclic) bond motifs is 4. The Kier molecular flexibility index (Phi) is 4.50. The van der Waals surface area contributed by atoms with E-state index < -0.39 is 0 Å². The molecule has 0 fully saturated rings. The monoisotopic (exact) mass is 431 g/mol. The standard InChI is InChI=1S/C26H25N.BrH/c1-17-16-20-11-6-8-14-22(20)25-24(17)26(3,18(2)27(25)4)23-15-9-12-19-10-5-7-13-21(19)23;/h5-16,18H,1-4H3;1H. The topological polar surface area (TPSA) is 3.24 Å². The van der Waals surface area contributed by atoms with Gasteiger partial charge in [-0.1, -0.05) is 72.8 Å². The maximum atomic E-state index is 2.49. The van der Waals surface area contributed by atoms with Crippen LogP contribution < -0.4 is 4.90 Å². The molecular weight excluding hydrogens is 406 g/mol. The summed E-state index contributed by atoms with van der Waals surface area (Å²) in [7, 11) is 2.26. The number of likely N-dealkylation sites (N-methyl/N-ethyl adjacent to an activating group) is 1. The highest BCUT2D eigenvalue weighted by atomic mass is 79.9. The fourth-order valence-corrected chi connectivity index (χ4v) is 5.32. The van der Waals surface area contributed by atoms with Crippen LogP contribution in [-0.2, 0) is 5.41 Å². The molecule has 0 aromatic heterocycles. The summed E-state index contributed by atoms with van der Waals surface area (Å²) in [5.74, 6) is 0. The summed E-state index contributed by atoms with van der Waals surface area (Å²) in [6.45, 7) is 7.08. The van der Waals surface area contributed by atoms with Crippen molar-refractivity contribution in [2.45, 2.75) is 32.2 Å². The second-order valence-corrected chi connectivity index (χ2v) is 8.15. The molecule has 1 aliphatic heterocycles. The predicted molar refractivity (Wildman–Crippen MR) is 127 cm³/mol. The summed E-state index contributed by atoms with van der Waals surface area (Å²) in [5.41, 5.74) is 5.63. The first-order valence-corrected chi connectivity index (χ1v) is 9.77. The van der Waals surface area contributed by atoms with E-state index in [1.54, 1.807) is 0 Å². The van der Waals surface area contributed by atoms with E-state index in [1.807, 2.05) is 0 Å². The molecule has 0 N–H and O–H groups in total. The quantitative estimate of drug-likeness (QED) is 0.312. The van der Waals surface area contributed by atoms with Crippen LogP contribution in [0.4, 0.5) is 5.69 Å². The Morgan fingerprint density at radius 3 is 2.18 bits per heavy atom. The van der Waals surface area contributed by atoms with Crippen molar-refractivity contribution in [2.75, 3.05) is 11.9 Å². The summed E-state index contributed by atoms with van der Waals surface area (Å²) in [6.07, 6.45) is 0. The maximum absolute atomic E-state index is 2.49. The SMILES string of the molecule is Br.Cc1cc2ccccc2c2c1C(C)(c1cccc3ccccc13)C(C)N2C. The summed E-state index contributed by atoms with van der Waals surface area (Å²) < 4.78 is 0. The molecular formula is C26H26BrN. The lowest BCUT2D eigenvalue weighted by Gasteiger charge is -2.34. The average molecular weight is 432 g/mol. The highest BCUT2D eigenvalue weighted by molar-refractivity contribution is 8.93. The first kappa shape index (κ1) is 19.0. The van der Waals surface area contributed by atoms with Crippen LogP contribution in [0, 0.1) is 6.92 Å². The molecule has 2 atom stereocenters. The molecule has 1 nitrogen and oxygen atoms in total. The van der Waals surface area contributed by atoms with Gasteiger partial charge in [-0.15, -0.1) is 17.0 Å². The molecule has 0 saturated heterocycles. The van der Waals surface area contributed by atoms with Crippen molar-refractivity contribution < 1.29 is 0 Å². The summed E-state index contributed by atoms with van der Waals surface area (Å²) in [6, 6.07) is 27.1. The molecule has 1 aliphatic rings. The van der Waals surface area contributed by atoms with Crippen molar-refractivity contribution in [1.82, 2.24) is 0 Å². The van der Waals surface area contributed by atoms with Crippen molar-refractivity contribution in [3.05, 3.63) is 89.5 Å². The second-order valence-electron chi connectivity index (χ2n) is 8.15. The Morgan fingerprint density at radius 2 is 1.43 bits per heavy atom. The molecule has 0 radical (unpaired) electrons. The molecule has 4 aromatic rings. The molecule has 5 rings (SSSR count). The van der Waals surface area contributed by atoms with Gasteiger partial charge in [-0.25, -0.2) is 0 Å². The molecule has 4 aromatic carbocycles. The van der Waals surface area contributed by atoms with Gasteiger partial charge >= 0.3 is 0 Å². The third-order valence-corrected chi connectivity index (χ3v) is 6.86. The molecule has 0 amide bonds. The number of halogens is 1. The highest BCUT2D eigenvalue weighted by Crippen LogP contribution is 2.53. The van der Waals surface area contributed by atoms with Gasteiger partial charge in [0.15, 0.2) is 0 Å². The molecule has 28 heavy (non-hydrogen) atoms. The number of nitrogens with zero attached hydrogens (tertiary/aromatic N) is 1. The minimum atomic E-state index is -0.0565. The largest absolute Gasteiger partial charge is 0.370 e. The van der Waals surface area contributed by atoms with Crippen LogP contribution in [-0.4, -0.2) is 13.1 Å². The van der Waals surface area contributed by atoms with Crippen molar-refractivity contribution in [3.63, 3.8) is 0 Å². The van der Waals surface area contributed by atoms with Crippen LogP contribution in [0.3, 0.4) is 0 Å². The van der Waals surface area contributed by atoms with E-state index in [1.165, 1.54) is 43.9 Å². The third-order valence-electron chi connectivity index (χ3n) is 6.86. The predicted octanol–water partition coefficient (Wildman–Crippen LogP) is 7.02. The number of hydrogen-bond donors (Lipinski definition) is 0. The minimum absolute atomic E-state index is 0. The van der Waals surface area contributed by atoms with E-state index in [0.29, 0.717) is 6.04 Å². The Hall–Kier alpha value is -2.32. The highest BCUT2D eigenvalue weighted by Gasteiger charge is 2.47. The van der Waals surface area contributed by atoms with Gasteiger partial charge in [0.05, 0.1) is 0 Å². The van der Waals surface area contributed by atoms with Gasteiger partial charge in [0.2, 0.25) is 0 Å². The van der Waals surface area contributed by atoms with Gasteiger partial charge in [0.1, 0.15) is 0 Å². The molecule has 0 saturated carbocycles. The van der Waals surface area contributed by atoms with E-state index in [-0.39, 0.29) is 22.4 Å². The van der Waals surface area contributed by atoms with Crippen molar-refractivity contribution in [2.24, 2.45) is 0 Å². The Morgan fingerprint density at radius 1 is 0.821 bits per heavy atom. The number of aryl methyl sites for hydroxylation is 1. The van der Waals surface area contributed by atoms with E-state index in [2.05, 4.69) is 106 Å². The van der Waals surface area contributed by atoms with Gasteiger partial charge in [-0.05, 0) is 53.6 Å². The van der Waals surface area contributed by atoms with Crippen LogP contribution in [0.5, 0.6) is 0 Å². The molecule has 0 aliphatic carbocycles. The molecule has 2 unspecified atom stereocenters. The maximum Gasteiger partial charge on any atom is 0.0491 e. The van der Waals surface area contributed by atoms with Crippen molar-refractivity contribution >= 4 is 44.2 Å². The van der Waals surface area contributed by atoms with Gasteiger partial charge in [-0.3, -0.25) is 0 Å². The number of benzene rings is 4. The lowest BCUT2D eigenvalue weighted by Crippen LogP contribution is -2.40.